The summed E-state index contributed by atoms with van der Waals surface area (Å²) in [6.45, 7) is 1.49. The lowest BCUT2D eigenvalue weighted by atomic mass is 10.1. The molecule has 0 atom stereocenters. The first-order chi connectivity index (χ1) is 10.8. The number of aliphatic imine (C=N–C) groups is 2. The Morgan fingerprint density at radius 1 is 1.04 bits per heavy atom. The molecule has 1 aromatic carbocycles. The van der Waals surface area contributed by atoms with E-state index in [0.29, 0.717) is 12.1 Å². The number of rotatable bonds is 1. The molecule has 142 valence electrons. The summed E-state index contributed by atoms with van der Waals surface area (Å²) in [7, 11) is 0. The molecule has 0 amide bonds. The molecule has 0 aliphatic carbocycles. The van der Waals surface area contributed by atoms with E-state index in [-0.39, 0.29) is 42.4 Å². The van der Waals surface area contributed by atoms with Gasteiger partial charge in [-0.25, -0.2) is 9.38 Å². The summed E-state index contributed by atoms with van der Waals surface area (Å²) in [5.41, 5.74) is 9.84. The molecule has 4 N–H and O–H groups in total. The zero-order valence-electron chi connectivity index (χ0n) is 13.1. The van der Waals surface area contributed by atoms with Gasteiger partial charge in [-0.3, -0.25) is 0 Å². The van der Waals surface area contributed by atoms with Gasteiger partial charge in [0.15, 0.2) is 5.96 Å². The van der Waals surface area contributed by atoms with Gasteiger partial charge in [0.2, 0.25) is 5.96 Å². The van der Waals surface area contributed by atoms with E-state index in [0.717, 1.165) is 38.4 Å². The third kappa shape index (κ3) is 6.58. The second kappa shape index (κ2) is 9.67. The van der Waals surface area contributed by atoms with Crippen molar-refractivity contribution in [2.24, 2.45) is 21.5 Å². The van der Waals surface area contributed by atoms with Gasteiger partial charge >= 0.3 is 6.18 Å². The molecule has 1 aliphatic heterocycles. The fourth-order valence-corrected chi connectivity index (χ4v) is 2.27. The Kier molecular flexibility index (Phi) is 8.99. The average molecular weight is 404 g/mol. The maximum absolute atomic E-state index is 13.2. The van der Waals surface area contributed by atoms with Gasteiger partial charge in [0, 0.05) is 13.1 Å². The van der Waals surface area contributed by atoms with Crippen LogP contribution >= 0.6 is 24.8 Å². The largest absolute Gasteiger partial charge is 0.419 e. The van der Waals surface area contributed by atoms with Crippen molar-refractivity contribution in [2.75, 3.05) is 13.1 Å². The number of alkyl halides is 3. The van der Waals surface area contributed by atoms with Gasteiger partial charge in [-0.15, -0.1) is 24.8 Å². The van der Waals surface area contributed by atoms with E-state index < -0.39 is 17.6 Å². The topological polar surface area (TPSA) is 80.0 Å². The van der Waals surface area contributed by atoms with Gasteiger partial charge in [0.05, 0.1) is 11.3 Å². The average Bonchev–Trinajstić information content (AvgIpc) is 2.49. The van der Waals surface area contributed by atoms with E-state index in [1.807, 2.05) is 4.90 Å². The molecular formula is C14H19Cl2F4N5. The standard InChI is InChI=1S/C14H17F4N5.2ClH/c15-11-5-4-9(8-10(11)14(16,17)18)21-12(19)22-13(20)23-6-2-1-3-7-23;;/h4-5,8H,1-3,6-7H2,(H4,19,20,21,22);2*1H. The summed E-state index contributed by atoms with van der Waals surface area (Å²) in [4.78, 5) is 9.46. The summed E-state index contributed by atoms with van der Waals surface area (Å²) >= 11 is 0. The molecule has 0 spiro atoms. The molecule has 5 nitrogen and oxygen atoms in total. The van der Waals surface area contributed by atoms with Crippen molar-refractivity contribution in [1.82, 2.24) is 4.90 Å². The van der Waals surface area contributed by atoms with Crippen LogP contribution in [0.15, 0.2) is 28.2 Å². The summed E-state index contributed by atoms with van der Waals surface area (Å²) in [5, 5.41) is 0. The van der Waals surface area contributed by atoms with Crippen LogP contribution in [0.4, 0.5) is 23.2 Å². The first-order valence-corrected chi connectivity index (χ1v) is 7.07. The summed E-state index contributed by atoms with van der Waals surface area (Å²) < 4.78 is 51.1. The first kappa shape index (κ1) is 23.3. The van der Waals surface area contributed by atoms with Gasteiger partial charge in [-0.05, 0) is 37.5 Å². The fraction of sp³-hybridized carbons (Fsp3) is 0.429. The fourth-order valence-electron chi connectivity index (χ4n) is 2.27. The van der Waals surface area contributed by atoms with Crippen LogP contribution in [0.5, 0.6) is 0 Å². The van der Waals surface area contributed by atoms with Gasteiger partial charge < -0.3 is 16.4 Å². The van der Waals surface area contributed by atoms with Crippen LogP contribution in [-0.2, 0) is 6.18 Å². The molecule has 0 radical (unpaired) electrons. The number of nitrogens with zero attached hydrogens (tertiary/aromatic N) is 3. The SMILES string of the molecule is Cl.Cl.NC(=Nc1ccc(F)c(C(F)(F)F)c1)/N=C(/N)N1CCCCC1. The molecule has 1 heterocycles. The second-order valence-electron chi connectivity index (χ2n) is 5.15. The van der Waals surface area contributed by atoms with Crippen LogP contribution in [-0.4, -0.2) is 29.9 Å². The number of piperidine rings is 1. The Labute approximate surface area is 155 Å². The van der Waals surface area contributed by atoms with Crippen molar-refractivity contribution in [1.29, 1.82) is 0 Å². The molecule has 0 saturated carbocycles. The number of hydrogen-bond acceptors (Lipinski definition) is 1. The van der Waals surface area contributed by atoms with Crippen molar-refractivity contribution in [2.45, 2.75) is 25.4 Å². The van der Waals surface area contributed by atoms with E-state index in [2.05, 4.69) is 9.98 Å². The molecule has 1 fully saturated rings. The highest BCUT2D eigenvalue weighted by Crippen LogP contribution is 2.33. The molecule has 0 unspecified atom stereocenters. The first-order valence-electron chi connectivity index (χ1n) is 7.07. The van der Waals surface area contributed by atoms with Crippen LogP contribution in [0.25, 0.3) is 0 Å². The van der Waals surface area contributed by atoms with Crippen molar-refractivity contribution in [3.05, 3.63) is 29.6 Å². The predicted octanol–water partition coefficient (Wildman–Crippen LogP) is 3.43. The zero-order valence-corrected chi connectivity index (χ0v) is 14.7. The normalized spacial score (nSPS) is 16.1. The van der Waals surface area contributed by atoms with Crippen LogP contribution in [0.3, 0.4) is 0 Å². The van der Waals surface area contributed by atoms with E-state index in [1.165, 1.54) is 0 Å². The Bertz CT molecular complexity index is 628. The van der Waals surface area contributed by atoms with Gasteiger partial charge in [-0.2, -0.15) is 18.2 Å². The minimum Gasteiger partial charge on any atom is -0.369 e. The highest BCUT2D eigenvalue weighted by atomic mass is 35.5. The lowest BCUT2D eigenvalue weighted by molar-refractivity contribution is -0.139. The maximum Gasteiger partial charge on any atom is 0.419 e. The van der Waals surface area contributed by atoms with Gasteiger partial charge in [0.25, 0.3) is 0 Å². The van der Waals surface area contributed by atoms with Crippen LogP contribution < -0.4 is 11.5 Å². The molecule has 1 aromatic rings. The highest BCUT2D eigenvalue weighted by Gasteiger charge is 2.34. The van der Waals surface area contributed by atoms with Gasteiger partial charge in [-0.1, -0.05) is 0 Å². The number of benzene rings is 1. The smallest absolute Gasteiger partial charge is 0.369 e. The lowest BCUT2D eigenvalue weighted by Crippen LogP contribution is -2.41. The van der Waals surface area contributed by atoms with Crippen molar-refractivity contribution in [3.63, 3.8) is 0 Å². The third-order valence-electron chi connectivity index (χ3n) is 3.41. The van der Waals surface area contributed by atoms with E-state index >= 15 is 0 Å². The zero-order chi connectivity index (χ0) is 17.0. The molecule has 1 saturated heterocycles. The summed E-state index contributed by atoms with van der Waals surface area (Å²) in [6.07, 6.45) is -1.72. The number of hydrogen-bond donors (Lipinski definition) is 2. The number of guanidine groups is 2. The van der Waals surface area contributed by atoms with E-state index in [9.17, 15) is 17.6 Å². The third-order valence-corrected chi connectivity index (χ3v) is 3.41. The van der Waals surface area contributed by atoms with Crippen LogP contribution in [0.2, 0.25) is 0 Å². The Morgan fingerprint density at radius 2 is 1.64 bits per heavy atom. The number of likely N-dealkylation sites (tertiary alicyclic amines) is 1. The highest BCUT2D eigenvalue weighted by molar-refractivity contribution is 5.94. The Balaban J connectivity index is 0.00000288. The monoisotopic (exact) mass is 403 g/mol. The van der Waals surface area contributed by atoms with Crippen molar-refractivity contribution >= 4 is 42.4 Å². The van der Waals surface area contributed by atoms with E-state index in [1.54, 1.807) is 0 Å². The summed E-state index contributed by atoms with van der Waals surface area (Å²) in [5.74, 6) is -1.48. The summed E-state index contributed by atoms with van der Waals surface area (Å²) in [6, 6.07) is 2.35. The lowest BCUT2D eigenvalue weighted by Gasteiger charge is -2.27. The molecule has 25 heavy (non-hydrogen) atoms. The molecule has 11 heteroatoms. The van der Waals surface area contributed by atoms with Gasteiger partial charge in [0.1, 0.15) is 5.82 Å². The Morgan fingerprint density at radius 3 is 2.20 bits per heavy atom. The van der Waals surface area contributed by atoms with Crippen LogP contribution in [0.1, 0.15) is 24.8 Å². The van der Waals surface area contributed by atoms with E-state index in [4.69, 9.17) is 11.5 Å². The predicted molar refractivity (Wildman–Crippen MR) is 94.2 cm³/mol. The molecule has 2 rings (SSSR count). The quantitative estimate of drug-likeness (QED) is 0.428. The van der Waals surface area contributed by atoms with Crippen LogP contribution in [0, 0.1) is 5.82 Å². The maximum atomic E-state index is 13.2. The molecular weight excluding hydrogens is 385 g/mol. The van der Waals surface area contributed by atoms with Crippen molar-refractivity contribution < 1.29 is 17.6 Å². The minimum absolute atomic E-state index is 0. The Hall–Kier alpha value is -1.74. The van der Waals surface area contributed by atoms with Crippen molar-refractivity contribution in [3.8, 4) is 0 Å². The number of halogens is 6. The molecule has 1 aliphatic rings. The number of nitrogens with two attached hydrogens (primary N) is 2. The molecule has 0 bridgehead atoms. The molecule has 0 aromatic heterocycles. The minimum atomic E-state index is -4.81. The second-order valence-corrected chi connectivity index (χ2v) is 5.15.